The summed E-state index contributed by atoms with van der Waals surface area (Å²) in [5.41, 5.74) is 4.83. The zero-order valence-electron chi connectivity index (χ0n) is 22.5. The third-order valence-corrected chi connectivity index (χ3v) is 8.87. The lowest BCUT2D eigenvalue weighted by molar-refractivity contribution is -0.127. The molecule has 2 heterocycles. The molecule has 2 amide bonds. The van der Waals surface area contributed by atoms with Crippen molar-refractivity contribution in [2.24, 2.45) is 5.92 Å². The molecule has 0 spiro atoms. The highest BCUT2D eigenvalue weighted by molar-refractivity contribution is 5.94. The molecule has 1 N–H and O–H groups in total. The highest BCUT2D eigenvalue weighted by Gasteiger charge is 2.33. The van der Waals surface area contributed by atoms with Crippen molar-refractivity contribution in [1.29, 1.82) is 0 Å². The van der Waals surface area contributed by atoms with Gasteiger partial charge in [-0.3, -0.25) is 9.59 Å². The van der Waals surface area contributed by atoms with Crippen molar-refractivity contribution in [3.8, 4) is 0 Å². The van der Waals surface area contributed by atoms with E-state index in [0.29, 0.717) is 6.04 Å². The van der Waals surface area contributed by atoms with Gasteiger partial charge in [0, 0.05) is 30.6 Å². The molecule has 5 rings (SSSR count). The van der Waals surface area contributed by atoms with Crippen molar-refractivity contribution in [2.75, 3.05) is 26.2 Å². The number of nitrogens with one attached hydrogen (secondary N) is 1. The number of carbonyl (C=O) groups is 2. The fourth-order valence-corrected chi connectivity index (χ4v) is 6.53. The number of likely N-dealkylation sites (tertiary alicyclic amines) is 2. The van der Waals surface area contributed by atoms with Gasteiger partial charge in [-0.05, 0) is 99.7 Å². The average molecular weight is 502 g/mol. The van der Waals surface area contributed by atoms with Gasteiger partial charge in [0.05, 0.1) is 6.04 Å². The molecule has 2 saturated heterocycles. The molecule has 1 atom stereocenters. The van der Waals surface area contributed by atoms with Crippen molar-refractivity contribution in [3.63, 3.8) is 0 Å². The van der Waals surface area contributed by atoms with E-state index in [9.17, 15) is 9.59 Å². The number of nitrogens with zero attached hydrogens (tertiary/aromatic N) is 2. The summed E-state index contributed by atoms with van der Waals surface area (Å²) in [7, 11) is 0. The fourth-order valence-electron chi connectivity index (χ4n) is 6.53. The third-order valence-electron chi connectivity index (χ3n) is 8.87. The molecular weight excluding hydrogens is 458 g/mol. The van der Waals surface area contributed by atoms with Gasteiger partial charge in [0.1, 0.15) is 0 Å². The van der Waals surface area contributed by atoms with Gasteiger partial charge in [-0.2, -0.15) is 0 Å². The molecule has 1 unspecified atom stereocenters. The molecular formula is C32H43N3O2. The molecule has 0 aromatic heterocycles. The zero-order valence-corrected chi connectivity index (χ0v) is 22.5. The van der Waals surface area contributed by atoms with Crippen LogP contribution in [0.5, 0.6) is 0 Å². The Bertz CT molecular complexity index is 1050. The van der Waals surface area contributed by atoms with Gasteiger partial charge in [0.15, 0.2) is 0 Å². The normalized spacial score (nSPS) is 21.4. The van der Waals surface area contributed by atoms with Crippen LogP contribution in [0.3, 0.4) is 0 Å². The Labute approximate surface area is 222 Å². The number of piperidine rings is 2. The van der Waals surface area contributed by atoms with Gasteiger partial charge in [0.2, 0.25) is 5.91 Å². The Balaban J connectivity index is 1.06. The second-order valence-electron chi connectivity index (χ2n) is 11.3. The Morgan fingerprint density at radius 3 is 2.35 bits per heavy atom. The largest absolute Gasteiger partial charge is 0.349 e. The molecule has 3 aliphatic rings. The predicted molar refractivity (Wildman–Crippen MR) is 149 cm³/mol. The van der Waals surface area contributed by atoms with Crippen molar-refractivity contribution in [1.82, 2.24) is 15.1 Å². The van der Waals surface area contributed by atoms with Crippen LogP contribution in [0.25, 0.3) is 0 Å². The number of fused-ring (bicyclic) bond motifs is 1. The van der Waals surface area contributed by atoms with Crippen LogP contribution in [0.15, 0.2) is 48.5 Å². The Morgan fingerprint density at radius 2 is 1.62 bits per heavy atom. The highest BCUT2D eigenvalue weighted by Crippen LogP contribution is 2.31. The second-order valence-corrected chi connectivity index (χ2v) is 11.3. The van der Waals surface area contributed by atoms with E-state index in [1.54, 1.807) is 0 Å². The Morgan fingerprint density at radius 1 is 0.892 bits per heavy atom. The molecule has 5 heteroatoms. The maximum atomic E-state index is 13.1. The minimum absolute atomic E-state index is 0.118. The van der Waals surface area contributed by atoms with E-state index in [1.165, 1.54) is 29.5 Å². The van der Waals surface area contributed by atoms with Crippen LogP contribution in [0.2, 0.25) is 0 Å². The maximum absolute atomic E-state index is 13.1. The predicted octanol–water partition coefficient (Wildman–Crippen LogP) is 5.54. The number of rotatable bonds is 7. The Kier molecular flexibility index (Phi) is 8.60. The minimum Gasteiger partial charge on any atom is -0.349 e. The molecule has 37 heavy (non-hydrogen) atoms. The first-order valence-electron chi connectivity index (χ1n) is 14.6. The van der Waals surface area contributed by atoms with Crippen LogP contribution >= 0.6 is 0 Å². The first-order chi connectivity index (χ1) is 18.1. The van der Waals surface area contributed by atoms with Crippen LogP contribution in [0.4, 0.5) is 0 Å². The summed E-state index contributed by atoms with van der Waals surface area (Å²) < 4.78 is 0. The van der Waals surface area contributed by atoms with Gasteiger partial charge >= 0.3 is 0 Å². The molecule has 1 aliphatic carbocycles. The fraction of sp³-hybridized carbons (Fsp3) is 0.562. The van der Waals surface area contributed by atoms with Crippen LogP contribution in [0.1, 0.15) is 91.4 Å². The number of aryl methyl sites for hydroxylation is 2. The van der Waals surface area contributed by atoms with E-state index in [-0.39, 0.29) is 23.8 Å². The molecule has 0 bridgehead atoms. The Hall–Kier alpha value is -2.66. The number of benzene rings is 2. The highest BCUT2D eigenvalue weighted by atomic mass is 16.2. The van der Waals surface area contributed by atoms with Crippen LogP contribution in [-0.4, -0.2) is 53.8 Å². The zero-order chi connectivity index (χ0) is 25.6. The molecule has 2 aromatic rings. The lowest BCUT2D eigenvalue weighted by Crippen LogP contribution is -2.50. The van der Waals surface area contributed by atoms with Crippen LogP contribution in [-0.2, 0) is 17.6 Å². The van der Waals surface area contributed by atoms with Crippen molar-refractivity contribution >= 4 is 11.8 Å². The van der Waals surface area contributed by atoms with Gasteiger partial charge in [-0.1, -0.05) is 49.7 Å². The first-order valence-corrected chi connectivity index (χ1v) is 14.6. The monoisotopic (exact) mass is 501 g/mol. The molecule has 2 aromatic carbocycles. The van der Waals surface area contributed by atoms with E-state index < -0.39 is 0 Å². The molecule has 5 nitrogen and oxygen atoms in total. The summed E-state index contributed by atoms with van der Waals surface area (Å²) in [5, 5.41) is 3.38. The average Bonchev–Trinajstić information content (AvgIpc) is 2.96. The summed E-state index contributed by atoms with van der Waals surface area (Å²) in [6.45, 7) is 5.82. The topological polar surface area (TPSA) is 52.7 Å². The summed E-state index contributed by atoms with van der Waals surface area (Å²) in [6.07, 6.45) is 10.7. The van der Waals surface area contributed by atoms with Crippen molar-refractivity contribution < 1.29 is 9.59 Å². The molecule has 2 fully saturated rings. The second kappa shape index (κ2) is 12.3. The van der Waals surface area contributed by atoms with Gasteiger partial charge < -0.3 is 15.1 Å². The van der Waals surface area contributed by atoms with E-state index in [2.05, 4.69) is 53.5 Å². The number of carbonyl (C=O) groups excluding carboxylic acids is 2. The lowest BCUT2D eigenvalue weighted by atomic mass is 9.86. The van der Waals surface area contributed by atoms with Gasteiger partial charge in [-0.15, -0.1) is 0 Å². The van der Waals surface area contributed by atoms with E-state index in [4.69, 9.17) is 0 Å². The smallest absolute Gasteiger partial charge is 0.253 e. The summed E-state index contributed by atoms with van der Waals surface area (Å²) in [6, 6.07) is 17.5. The van der Waals surface area contributed by atoms with Crippen LogP contribution < -0.4 is 5.32 Å². The summed E-state index contributed by atoms with van der Waals surface area (Å²) >= 11 is 0. The van der Waals surface area contributed by atoms with Crippen molar-refractivity contribution in [2.45, 2.75) is 83.2 Å². The van der Waals surface area contributed by atoms with Gasteiger partial charge in [-0.25, -0.2) is 0 Å². The SMILES string of the molecule is CCCCc1ccc(C(=O)N2CCC(N3CCC(C(=O)NC4CCCc5ccccc54)CC3)CC2)cc1. The number of amides is 2. The first kappa shape index (κ1) is 26.0. The number of hydrogen-bond acceptors (Lipinski definition) is 3. The summed E-state index contributed by atoms with van der Waals surface area (Å²) in [5.74, 6) is 0.523. The third kappa shape index (κ3) is 6.26. The summed E-state index contributed by atoms with van der Waals surface area (Å²) in [4.78, 5) is 30.7. The molecule has 198 valence electrons. The lowest BCUT2D eigenvalue weighted by Gasteiger charge is -2.41. The molecule has 2 aliphatic heterocycles. The quantitative estimate of drug-likeness (QED) is 0.542. The van der Waals surface area contributed by atoms with Crippen LogP contribution in [0, 0.1) is 5.92 Å². The molecule has 0 radical (unpaired) electrons. The van der Waals surface area contributed by atoms with E-state index in [0.717, 1.165) is 83.1 Å². The maximum Gasteiger partial charge on any atom is 0.253 e. The van der Waals surface area contributed by atoms with E-state index >= 15 is 0 Å². The molecule has 0 saturated carbocycles. The number of unbranched alkanes of at least 4 members (excludes halogenated alkanes) is 1. The standard InChI is InChI=1S/C32H43N3O2/c1-2-3-7-24-12-14-27(15-13-24)32(37)35-22-18-28(19-23-35)34-20-16-26(17-21-34)31(36)33-30-11-6-9-25-8-4-5-10-29(25)30/h4-5,8,10,12-15,26,28,30H,2-3,6-7,9,11,16-23H2,1H3,(H,33,36). The van der Waals surface area contributed by atoms with E-state index in [1.807, 2.05) is 17.0 Å². The van der Waals surface area contributed by atoms with Gasteiger partial charge in [0.25, 0.3) is 5.91 Å². The minimum atomic E-state index is 0.118. The number of hydrogen-bond donors (Lipinski definition) is 1. The van der Waals surface area contributed by atoms with Crippen molar-refractivity contribution in [3.05, 3.63) is 70.8 Å².